The van der Waals surface area contributed by atoms with Gasteiger partial charge in [-0.2, -0.15) is 0 Å². The molecule has 5 nitrogen and oxygen atoms in total. The second kappa shape index (κ2) is 7.37. The van der Waals surface area contributed by atoms with Gasteiger partial charge in [0.25, 0.3) is 0 Å². The summed E-state index contributed by atoms with van der Waals surface area (Å²) < 4.78 is 2.43. The zero-order valence-corrected chi connectivity index (χ0v) is 16.4. The van der Waals surface area contributed by atoms with Crippen molar-refractivity contribution in [3.8, 4) is 0 Å². The van der Waals surface area contributed by atoms with Crippen molar-refractivity contribution in [2.45, 2.75) is 71.8 Å². The lowest BCUT2D eigenvalue weighted by molar-refractivity contribution is 0.270. The minimum absolute atomic E-state index is 0.499. The highest BCUT2D eigenvalue weighted by molar-refractivity contribution is 5.50. The number of nitrogens with zero attached hydrogens (tertiary/aromatic N) is 5. The van der Waals surface area contributed by atoms with E-state index in [-0.39, 0.29) is 0 Å². The van der Waals surface area contributed by atoms with E-state index < -0.39 is 0 Å². The Morgan fingerprint density at radius 2 is 1.96 bits per heavy atom. The van der Waals surface area contributed by atoms with Gasteiger partial charge in [0.05, 0.1) is 0 Å². The van der Waals surface area contributed by atoms with E-state index in [1.807, 2.05) is 13.1 Å². The molecule has 0 unspecified atom stereocenters. The Hall–Kier alpha value is -1.91. The van der Waals surface area contributed by atoms with E-state index in [4.69, 9.17) is 9.97 Å². The topological polar surface area (TPSA) is 46.8 Å². The van der Waals surface area contributed by atoms with Crippen LogP contribution in [0, 0.1) is 19.8 Å². The molecule has 1 saturated carbocycles. The maximum atomic E-state index is 4.83. The van der Waals surface area contributed by atoms with Crippen LogP contribution < -0.4 is 4.90 Å². The third kappa shape index (κ3) is 3.36. The molecule has 0 radical (unpaired) electrons. The van der Waals surface area contributed by atoms with Gasteiger partial charge in [-0.15, -0.1) is 0 Å². The zero-order valence-electron chi connectivity index (χ0n) is 16.4. The summed E-state index contributed by atoms with van der Waals surface area (Å²) in [6, 6.07) is 0. The average molecular weight is 354 g/mol. The second-order valence-corrected chi connectivity index (χ2v) is 8.03. The summed E-state index contributed by atoms with van der Waals surface area (Å²) in [6.07, 6.45) is 11.7. The fraction of sp³-hybridized carbons (Fsp3) is 0.667. The lowest BCUT2D eigenvalue weighted by Gasteiger charge is -2.35. The fourth-order valence-electron chi connectivity index (χ4n) is 4.56. The number of anilines is 1. The summed E-state index contributed by atoms with van der Waals surface area (Å²) in [5.74, 6) is 4.67. The van der Waals surface area contributed by atoms with Gasteiger partial charge in [0.15, 0.2) is 0 Å². The third-order valence-corrected chi connectivity index (χ3v) is 6.17. The largest absolute Gasteiger partial charge is 0.356 e. The Bertz CT molecular complexity index is 762. The first-order chi connectivity index (χ1) is 12.7. The van der Waals surface area contributed by atoms with Crippen molar-refractivity contribution in [1.29, 1.82) is 0 Å². The molecule has 3 heterocycles. The van der Waals surface area contributed by atoms with Crippen molar-refractivity contribution in [2.75, 3.05) is 18.0 Å². The van der Waals surface area contributed by atoms with Gasteiger partial charge in [0.2, 0.25) is 0 Å². The molecule has 5 heteroatoms. The van der Waals surface area contributed by atoms with Crippen LogP contribution in [0.15, 0.2) is 12.4 Å². The number of hydrogen-bond acceptors (Lipinski definition) is 4. The molecule has 0 N–H and O–H groups in total. The Balaban J connectivity index is 1.56. The summed E-state index contributed by atoms with van der Waals surface area (Å²) in [4.78, 5) is 16.6. The summed E-state index contributed by atoms with van der Waals surface area (Å²) in [5.41, 5.74) is 2.43. The van der Waals surface area contributed by atoms with E-state index in [1.54, 1.807) is 0 Å². The first kappa shape index (κ1) is 17.5. The normalized spacial score (nSPS) is 21.0. The number of hydrogen-bond donors (Lipinski definition) is 0. The van der Waals surface area contributed by atoms with Crippen LogP contribution in [-0.2, 0) is 13.0 Å². The summed E-state index contributed by atoms with van der Waals surface area (Å²) in [7, 11) is 0. The Labute approximate surface area is 156 Å². The van der Waals surface area contributed by atoms with E-state index in [1.165, 1.54) is 43.5 Å². The van der Waals surface area contributed by atoms with E-state index in [0.717, 1.165) is 49.3 Å². The van der Waals surface area contributed by atoms with Crippen molar-refractivity contribution >= 4 is 5.82 Å². The van der Waals surface area contributed by atoms with Crippen molar-refractivity contribution < 1.29 is 0 Å². The number of aryl methyl sites for hydroxylation is 2. The Morgan fingerprint density at radius 1 is 1.12 bits per heavy atom. The molecule has 0 spiro atoms. The van der Waals surface area contributed by atoms with Gasteiger partial charge in [-0.3, -0.25) is 0 Å². The maximum absolute atomic E-state index is 4.83. The molecule has 2 aromatic rings. The van der Waals surface area contributed by atoms with Gasteiger partial charge in [-0.1, -0.05) is 13.3 Å². The first-order valence-corrected chi connectivity index (χ1v) is 10.3. The van der Waals surface area contributed by atoms with Crippen LogP contribution in [0.4, 0.5) is 5.82 Å². The second-order valence-electron chi connectivity index (χ2n) is 8.03. The molecule has 2 aromatic heterocycles. The van der Waals surface area contributed by atoms with Gasteiger partial charge < -0.3 is 9.47 Å². The lowest BCUT2D eigenvalue weighted by atomic mass is 9.85. The number of rotatable bonds is 5. The van der Waals surface area contributed by atoms with Crippen molar-refractivity contribution in [1.82, 2.24) is 19.5 Å². The number of imidazole rings is 1. The minimum Gasteiger partial charge on any atom is -0.356 e. The highest BCUT2D eigenvalue weighted by atomic mass is 15.2. The van der Waals surface area contributed by atoms with Crippen LogP contribution in [0.2, 0.25) is 0 Å². The van der Waals surface area contributed by atoms with Crippen LogP contribution in [0.5, 0.6) is 0 Å². The fourth-order valence-corrected chi connectivity index (χ4v) is 4.56. The average Bonchev–Trinajstić information content (AvgIpc) is 3.06. The van der Waals surface area contributed by atoms with Crippen molar-refractivity contribution in [3.63, 3.8) is 0 Å². The van der Waals surface area contributed by atoms with Crippen LogP contribution >= 0.6 is 0 Å². The zero-order chi connectivity index (χ0) is 18.1. The molecular formula is C21H31N5. The van der Waals surface area contributed by atoms with E-state index in [9.17, 15) is 0 Å². The third-order valence-electron chi connectivity index (χ3n) is 6.17. The minimum atomic E-state index is 0.499. The maximum Gasteiger partial charge on any atom is 0.135 e. The molecule has 1 atom stereocenters. The van der Waals surface area contributed by atoms with Gasteiger partial charge in [-0.05, 0) is 51.9 Å². The van der Waals surface area contributed by atoms with Crippen LogP contribution in [0.25, 0.3) is 0 Å². The molecule has 26 heavy (non-hydrogen) atoms. The molecule has 1 aliphatic carbocycles. The summed E-state index contributed by atoms with van der Waals surface area (Å²) >= 11 is 0. The van der Waals surface area contributed by atoms with Crippen molar-refractivity contribution in [2.24, 2.45) is 5.92 Å². The quantitative estimate of drug-likeness (QED) is 0.814. The molecule has 140 valence electrons. The number of piperidine rings is 1. The molecular weight excluding hydrogens is 322 g/mol. The van der Waals surface area contributed by atoms with Gasteiger partial charge in [0, 0.05) is 49.2 Å². The van der Waals surface area contributed by atoms with E-state index >= 15 is 0 Å². The standard InChI is InChI=1S/C21H31N5/c1-4-19-15(2)23-16(3)24-21(19)25-11-6-9-18(14-25)20-22-10-12-26(20)13-17-7-5-8-17/h10,12,17-18H,4-9,11,13-14H2,1-3H3/t18-/m0/s1. The molecule has 0 amide bonds. The molecule has 2 fully saturated rings. The molecule has 1 saturated heterocycles. The number of aromatic nitrogens is 4. The van der Waals surface area contributed by atoms with Gasteiger partial charge in [-0.25, -0.2) is 15.0 Å². The molecule has 2 aliphatic rings. The van der Waals surface area contributed by atoms with Crippen LogP contribution in [0.3, 0.4) is 0 Å². The van der Waals surface area contributed by atoms with Crippen LogP contribution in [-0.4, -0.2) is 32.6 Å². The van der Waals surface area contributed by atoms with E-state index in [2.05, 4.69) is 34.5 Å². The SMILES string of the molecule is CCc1c(C)nc(C)nc1N1CCC[C@H](c2nccn2CC2CCC2)C1. The smallest absolute Gasteiger partial charge is 0.135 e. The molecule has 0 aromatic carbocycles. The Morgan fingerprint density at radius 3 is 2.69 bits per heavy atom. The highest BCUT2D eigenvalue weighted by Gasteiger charge is 2.28. The Kier molecular flexibility index (Phi) is 4.96. The van der Waals surface area contributed by atoms with Gasteiger partial charge in [0.1, 0.15) is 17.5 Å². The van der Waals surface area contributed by atoms with Crippen LogP contribution in [0.1, 0.15) is 67.9 Å². The summed E-state index contributed by atoms with van der Waals surface area (Å²) in [5, 5.41) is 0. The molecule has 1 aliphatic heterocycles. The monoisotopic (exact) mass is 353 g/mol. The predicted molar refractivity (Wildman–Crippen MR) is 105 cm³/mol. The first-order valence-electron chi connectivity index (χ1n) is 10.3. The van der Waals surface area contributed by atoms with E-state index in [0.29, 0.717) is 5.92 Å². The summed E-state index contributed by atoms with van der Waals surface area (Å²) in [6.45, 7) is 9.58. The van der Waals surface area contributed by atoms with Crippen molar-refractivity contribution in [3.05, 3.63) is 35.3 Å². The highest BCUT2D eigenvalue weighted by Crippen LogP contribution is 2.33. The molecule has 0 bridgehead atoms. The van der Waals surface area contributed by atoms with Gasteiger partial charge >= 0.3 is 0 Å². The predicted octanol–water partition coefficient (Wildman–Crippen LogP) is 4.04. The molecule has 4 rings (SSSR count). The lowest BCUT2D eigenvalue weighted by Crippen LogP contribution is -2.37.